The zero-order valence-electron chi connectivity index (χ0n) is 10.5. The number of methoxy groups -OCH3 is 1. The Morgan fingerprint density at radius 3 is 2.63 bits per heavy atom. The summed E-state index contributed by atoms with van der Waals surface area (Å²) in [6, 6.07) is 2.06. The molecule has 1 aliphatic rings. The maximum atomic E-state index is 13.5. The van der Waals surface area contributed by atoms with Crippen molar-refractivity contribution < 1.29 is 18.8 Å². The summed E-state index contributed by atoms with van der Waals surface area (Å²) in [6.07, 6.45) is 1.42. The van der Waals surface area contributed by atoms with E-state index >= 15 is 0 Å². The minimum absolute atomic E-state index is 0.0511. The molecule has 0 aliphatic carbocycles. The molecule has 0 bridgehead atoms. The lowest BCUT2D eigenvalue weighted by Crippen LogP contribution is -2.34. The van der Waals surface area contributed by atoms with E-state index in [1.165, 1.54) is 13.2 Å². The normalized spacial score (nSPS) is 16.1. The maximum absolute atomic E-state index is 13.5. The molecule has 0 spiro atoms. The van der Waals surface area contributed by atoms with Gasteiger partial charge in [-0.25, -0.2) is 4.39 Å². The summed E-state index contributed by atoms with van der Waals surface area (Å²) in [4.78, 5) is 10.3. The lowest BCUT2D eigenvalue weighted by Gasteiger charge is -2.23. The zero-order valence-corrected chi connectivity index (χ0v) is 10.5. The molecular formula is C12H15FN2O4. The van der Waals surface area contributed by atoms with E-state index in [9.17, 15) is 14.5 Å². The molecule has 7 heteroatoms. The Hall–Kier alpha value is -1.89. The quantitative estimate of drug-likeness (QED) is 0.668. The molecule has 0 aromatic heterocycles. The minimum atomic E-state index is -0.771. The molecule has 0 amide bonds. The van der Waals surface area contributed by atoms with Crippen molar-refractivity contribution in [3.8, 4) is 11.5 Å². The molecule has 1 aromatic carbocycles. The standard InChI is InChI=1S/C12H15FN2O4/c1-18-11-7-12(10(15(16)17)6-9(11)13)19-8-2-4-14-5-3-8/h6-8,14H,2-5H2,1H3. The van der Waals surface area contributed by atoms with Gasteiger partial charge in [0, 0.05) is 6.07 Å². The number of nitro benzene ring substituents is 1. The molecule has 1 saturated heterocycles. The third-order valence-electron chi connectivity index (χ3n) is 3.01. The van der Waals surface area contributed by atoms with E-state index in [0.29, 0.717) is 0 Å². The number of hydrogen-bond acceptors (Lipinski definition) is 5. The van der Waals surface area contributed by atoms with Gasteiger partial charge < -0.3 is 14.8 Å². The first kappa shape index (κ1) is 13.5. The Morgan fingerprint density at radius 2 is 2.05 bits per heavy atom. The Kier molecular flexibility index (Phi) is 4.16. The molecule has 19 heavy (non-hydrogen) atoms. The Labute approximate surface area is 109 Å². The lowest BCUT2D eigenvalue weighted by atomic mass is 10.1. The summed E-state index contributed by atoms with van der Waals surface area (Å²) in [7, 11) is 1.30. The highest BCUT2D eigenvalue weighted by Crippen LogP contribution is 2.35. The minimum Gasteiger partial charge on any atom is -0.494 e. The number of ether oxygens (including phenoxy) is 2. The summed E-state index contributed by atoms with van der Waals surface area (Å²) in [5.41, 5.74) is -0.378. The zero-order chi connectivity index (χ0) is 13.8. The fourth-order valence-corrected chi connectivity index (χ4v) is 2.01. The van der Waals surface area contributed by atoms with Crippen molar-refractivity contribution in [3.05, 3.63) is 28.1 Å². The second kappa shape index (κ2) is 5.83. The third kappa shape index (κ3) is 3.11. The predicted molar refractivity (Wildman–Crippen MR) is 66.1 cm³/mol. The summed E-state index contributed by atoms with van der Waals surface area (Å²) >= 11 is 0. The molecule has 1 heterocycles. The van der Waals surface area contributed by atoms with Gasteiger partial charge in [0.25, 0.3) is 0 Å². The fourth-order valence-electron chi connectivity index (χ4n) is 2.01. The Bertz CT molecular complexity index is 475. The number of nitrogens with one attached hydrogen (secondary N) is 1. The highest BCUT2D eigenvalue weighted by Gasteiger charge is 2.24. The number of hydrogen-bond donors (Lipinski definition) is 1. The second-order valence-corrected chi connectivity index (χ2v) is 4.28. The maximum Gasteiger partial charge on any atom is 0.314 e. The van der Waals surface area contributed by atoms with Crippen molar-refractivity contribution in [1.82, 2.24) is 5.32 Å². The Balaban J connectivity index is 2.27. The van der Waals surface area contributed by atoms with Crippen LogP contribution in [0, 0.1) is 15.9 Å². The van der Waals surface area contributed by atoms with Gasteiger partial charge in [-0.05, 0) is 25.9 Å². The van der Waals surface area contributed by atoms with Crippen LogP contribution in [-0.2, 0) is 0 Å². The molecular weight excluding hydrogens is 255 g/mol. The monoisotopic (exact) mass is 270 g/mol. The van der Waals surface area contributed by atoms with E-state index in [1.807, 2.05) is 0 Å². The van der Waals surface area contributed by atoms with Gasteiger partial charge >= 0.3 is 5.69 Å². The molecule has 0 saturated carbocycles. The average molecular weight is 270 g/mol. The number of rotatable bonds is 4. The smallest absolute Gasteiger partial charge is 0.314 e. The van der Waals surface area contributed by atoms with Crippen molar-refractivity contribution in [2.75, 3.05) is 20.2 Å². The second-order valence-electron chi connectivity index (χ2n) is 4.28. The molecule has 1 aliphatic heterocycles. The van der Waals surface area contributed by atoms with Crippen LogP contribution >= 0.6 is 0 Å². The number of piperidine rings is 1. The van der Waals surface area contributed by atoms with Gasteiger partial charge in [0.1, 0.15) is 6.10 Å². The molecule has 6 nitrogen and oxygen atoms in total. The number of halogens is 1. The summed E-state index contributed by atoms with van der Waals surface area (Å²) in [5.74, 6) is -0.781. The number of nitro groups is 1. The van der Waals surface area contributed by atoms with E-state index in [0.717, 1.165) is 32.0 Å². The van der Waals surface area contributed by atoms with Crippen LogP contribution in [0.1, 0.15) is 12.8 Å². The van der Waals surface area contributed by atoms with Gasteiger partial charge in [0.15, 0.2) is 11.6 Å². The first-order valence-electron chi connectivity index (χ1n) is 6.01. The van der Waals surface area contributed by atoms with E-state index in [2.05, 4.69) is 5.32 Å². The largest absolute Gasteiger partial charge is 0.494 e. The van der Waals surface area contributed by atoms with Crippen LogP contribution in [0.25, 0.3) is 0 Å². The first-order valence-corrected chi connectivity index (χ1v) is 6.01. The van der Waals surface area contributed by atoms with Gasteiger partial charge in [-0.1, -0.05) is 0 Å². The van der Waals surface area contributed by atoms with Crippen molar-refractivity contribution >= 4 is 5.69 Å². The molecule has 0 radical (unpaired) electrons. The van der Waals surface area contributed by atoms with Gasteiger partial charge in [0.05, 0.1) is 18.1 Å². The molecule has 0 atom stereocenters. The van der Waals surface area contributed by atoms with Gasteiger partial charge in [-0.2, -0.15) is 0 Å². The Morgan fingerprint density at radius 1 is 1.37 bits per heavy atom. The van der Waals surface area contributed by atoms with Crippen LogP contribution in [0.5, 0.6) is 11.5 Å². The summed E-state index contributed by atoms with van der Waals surface area (Å²) in [6.45, 7) is 1.60. The molecule has 2 rings (SSSR count). The lowest BCUT2D eigenvalue weighted by molar-refractivity contribution is -0.386. The van der Waals surface area contributed by atoms with Crippen LogP contribution in [0.3, 0.4) is 0 Å². The summed E-state index contributed by atoms with van der Waals surface area (Å²) < 4.78 is 23.9. The van der Waals surface area contributed by atoms with Gasteiger partial charge in [-0.15, -0.1) is 0 Å². The van der Waals surface area contributed by atoms with Crippen molar-refractivity contribution in [1.29, 1.82) is 0 Å². The summed E-state index contributed by atoms with van der Waals surface area (Å²) in [5, 5.41) is 14.1. The van der Waals surface area contributed by atoms with Gasteiger partial charge in [-0.3, -0.25) is 10.1 Å². The molecule has 1 N–H and O–H groups in total. The first-order chi connectivity index (χ1) is 9.11. The SMILES string of the molecule is COc1cc(OC2CCNCC2)c([N+](=O)[O-])cc1F. The molecule has 1 fully saturated rings. The van der Waals surface area contributed by atoms with Crippen LogP contribution in [0.4, 0.5) is 10.1 Å². The van der Waals surface area contributed by atoms with Crippen LogP contribution in [0.15, 0.2) is 12.1 Å². The third-order valence-corrected chi connectivity index (χ3v) is 3.01. The van der Waals surface area contributed by atoms with Crippen molar-refractivity contribution in [2.45, 2.75) is 18.9 Å². The topological polar surface area (TPSA) is 73.6 Å². The van der Waals surface area contributed by atoms with Crippen molar-refractivity contribution in [3.63, 3.8) is 0 Å². The van der Waals surface area contributed by atoms with E-state index in [4.69, 9.17) is 9.47 Å². The van der Waals surface area contributed by atoms with E-state index in [1.54, 1.807) is 0 Å². The molecule has 1 aromatic rings. The van der Waals surface area contributed by atoms with Crippen molar-refractivity contribution in [2.24, 2.45) is 0 Å². The van der Waals surface area contributed by atoms with Crippen LogP contribution in [0.2, 0.25) is 0 Å². The highest BCUT2D eigenvalue weighted by atomic mass is 19.1. The van der Waals surface area contributed by atoms with Gasteiger partial charge in [0.2, 0.25) is 5.75 Å². The van der Waals surface area contributed by atoms with E-state index < -0.39 is 10.7 Å². The van der Waals surface area contributed by atoms with Crippen LogP contribution < -0.4 is 14.8 Å². The predicted octanol–water partition coefficient (Wildman–Crippen LogP) is 1.87. The fraction of sp³-hybridized carbons (Fsp3) is 0.500. The van der Waals surface area contributed by atoms with E-state index in [-0.39, 0.29) is 23.3 Å². The average Bonchev–Trinajstić information content (AvgIpc) is 2.41. The highest BCUT2D eigenvalue weighted by molar-refractivity contribution is 5.51. The molecule has 0 unspecified atom stereocenters. The number of nitrogens with zero attached hydrogens (tertiary/aromatic N) is 1. The number of benzene rings is 1. The molecule has 104 valence electrons. The van der Waals surface area contributed by atoms with Crippen LogP contribution in [-0.4, -0.2) is 31.2 Å².